The molecule has 0 spiro atoms. The zero-order valence-electron chi connectivity index (χ0n) is 16.4. The molecule has 0 bridgehead atoms. The van der Waals surface area contributed by atoms with Crippen LogP contribution < -0.4 is 19.3 Å². The van der Waals surface area contributed by atoms with Crippen molar-refractivity contribution in [1.82, 2.24) is 4.90 Å². The molecular formula is C19H26N3O6+. The first-order chi connectivity index (χ1) is 13.5. The lowest BCUT2D eigenvalue weighted by Gasteiger charge is -2.33. The van der Waals surface area contributed by atoms with E-state index in [4.69, 9.17) is 14.2 Å². The smallest absolute Gasteiger partial charge is 0.410 e. The maximum Gasteiger partial charge on any atom is 0.410 e. The van der Waals surface area contributed by atoms with Gasteiger partial charge in [0.15, 0.2) is 6.04 Å². The molecule has 2 aliphatic heterocycles. The summed E-state index contributed by atoms with van der Waals surface area (Å²) in [6.07, 6.45) is -0.202. The predicted molar refractivity (Wildman–Crippen MR) is 99.7 cm³/mol. The second-order valence-corrected chi connectivity index (χ2v) is 6.71. The standard InChI is InChI=1S/C19H25N3O6/c1-4-28-19(25)21-9-7-20(8-10-21)15-12-17(23)22(18(15)24)14-11-13(26-2)5-6-16(14)27-3/h5-6,11,15H,4,7-10,12H2,1-3H3/p+1/t15-/m0/s1. The molecule has 2 heterocycles. The third-order valence-electron chi connectivity index (χ3n) is 5.20. The molecule has 2 saturated heterocycles. The minimum atomic E-state index is -0.465. The summed E-state index contributed by atoms with van der Waals surface area (Å²) in [6, 6.07) is 4.55. The Bertz CT molecular complexity index is 760. The molecule has 0 aromatic heterocycles. The van der Waals surface area contributed by atoms with Gasteiger partial charge in [-0.3, -0.25) is 14.5 Å². The fourth-order valence-corrected chi connectivity index (χ4v) is 3.72. The third kappa shape index (κ3) is 3.75. The van der Waals surface area contributed by atoms with Gasteiger partial charge in [0.05, 0.1) is 59.1 Å². The topological polar surface area (TPSA) is 89.8 Å². The predicted octanol–water partition coefficient (Wildman–Crippen LogP) is -0.307. The lowest BCUT2D eigenvalue weighted by Crippen LogP contribution is -3.19. The Balaban J connectivity index is 1.74. The van der Waals surface area contributed by atoms with Gasteiger partial charge < -0.3 is 19.1 Å². The molecule has 0 saturated carbocycles. The van der Waals surface area contributed by atoms with Gasteiger partial charge in [-0.1, -0.05) is 0 Å². The molecule has 1 aromatic rings. The number of carbonyl (C=O) groups is 3. The van der Waals surface area contributed by atoms with Crippen LogP contribution in [0, 0.1) is 0 Å². The normalized spacial score (nSPS) is 20.5. The van der Waals surface area contributed by atoms with Crippen LogP contribution in [0.3, 0.4) is 0 Å². The number of ether oxygens (including phenoxy) is 3. The average Bonchev–Trinajstić information content (AvgIpc) is 3.01. The van der Waals surface area contributed by atoms with Gasteiger partial charge in [-0.2, -0.15) is 0 Å². The van der Waals surface area contributed by atoms with E-state index in [9.17, 15) is 14.4 Å². The Hall–Kier alpha value is -2.81. The molecule has 1 atom stereocenters. The van der Waals surface area contributed by atoms with Crippen molar-refractivity contribution < 1.29 is 33.5 Å². The first-order valence-corrected chi connectivity index (χ1v) is 9.35. The summed E-state index contributed by atoms with van der Waals surface area (Å²) in [5, 5.41) is 0. The molecule has 3 amide bonds. The fourth-order valence-electron chi connectivity index (χ4n) is 3.72. The third-order valence-corrected chi connectivity index (χ3v) is 5.20. The highest BCUT2D eigenvalue weighted by atomic mass is 16.6. The van der Waals surface area contributed by atoms with Crippen LogP contribution in [0.1, 0.15) is 13.3 Å². The Morgan fingerprint density at radius 3 is 2.50 bits per heavy atom. The van der Waals surface area contributed by atoms with Gasteiger partial charge in [-0.25, -0.2) is 9.69 Å². The van der Waals surface area contributed by atoms with E-state index in [1.54, 1.807) is 30.0 Å². The van der Waals surface area contributed by atoms with Crippen LogP contribution in [0.15, 0.2) is 18.2 Å². The van der Waals surface area contributed by atoms with Crippen molar-refractivity contribution in [2.24, 2.45) is 0 Å². The van der Waals surface area contributed by atoms with Crippen molar-refractivity contribution in [3.8, 4) is 11.5 Å². The summed E-state index contributed by atoms with van der Waals surface area (Å²) in [7, 11) is 3.02. The highest BCUT2D eigenvalue weighted by molar-refractivity contribution is 6.22. The van der Waals surface area contributed by atoms with Gasteiger partial charge >= 0.3 is 6.09 Å². The average molecular weight is 392 g/mol. The van der Waals surface area contributed by atoms with E-state index in [2.05, 4.69) is 0 Å². The minimum Gasteiger partial charge on any atom is -0.497 e. The molecule has 0 aliphatic carbocycles. The SMILES string of the molecule is CCOC(=O)N1CC[NH+]([C@H]2CC(=O)N(c3cc(OC)ccc3OC)C2=O)CC1. The zero-order chi connectivity index (χ0) is 20.3. The van der Waals surface area contributed by atoms with Crippen molar-refractivity contribution in [3.63, 3.8) is 0 Å². The second-order valence-electron chi connectivity index (χ2n) is 6.71. The molecule has 2 aliphatic rings. The zero-order valence-corrected chi connectivity index (χ0v) is 16.4. The number of rotatable bonds is 5. The summed E-state index contributed by atoms with van der Waals surface area (Å²) in [5.74, 6) is 0.457. The van der Waals surface area contributed by atoms with Gasteiger partial charge in [-0.05, 0) is 19.1 Å². The summed E-state index contributed by atoms with van der Waals surface area (Å²) in [4.78, 5) is 41.4. The maximum absolute atomic E-state index is 13.1. The van der Waals surface area contributed by atoms with E-state index in [1.165, 1.54) is 19.1 Å². The molecule has 152 valence electrons. The molecule has 3 rings (SSSR count). The Kier molecular flexibility index (Phi) is 6.03. The van der Waals surface area contributed by atoms with Crippen LogP contribution in [0.2, 0.25) is 0 Å². The number of hydrogen-bond acceptors (Lipinski definition) is 6. The van der Waals surface area contributed by atoms with E-state index >= 15 is 0 Å². The summed E-state index contributed by atoms with van der Waals surface area (Å²) in [5.41, 5.74) is 0.393. The molecule has 28 heavy (non-hydrogen) atoms. The van der Waals surface area contributed by atoms with Gasteiger partial charge in [0.1, 0.15) is 11.5 Å². The second kappa shape index (κ2) is 8.47. The number of nitrogens with zero attached hydrogens (tertiary/aromatic N) is 2. The molecule has 0 radical (unpaired) electrons. The van der Waals surface area contributed by atoms with Crippen LogP contribution in [0.5, 0.6) is 11.5 Å². The number of anilines is 1. The summed E-state index contributed by atoms with van der Waals surface area (Å²) < 4.78 is 15.6. The number of nitrogens with one attached hydrogen (secondary N) is 1. The highest BCUT2D eigenvalue weighted by Gasteiger charge is 2.47. The molecule has 9 heteroatoms. The molecule has 9 nitrogen and oxygen atoms in total. The van der Waals surface area contributed by atoms with Crippen LogP contribution in [-0.4, -0.2) is 75.9 Å². The van der Waals surface area contributed by atoms with Crippen LogP contribution in [0.25, 0.3) is 0 Å². The lowest BCUT2D eigenvalue weighted by molar-refractivity contribution is -0.918. The van der Waals surface area contributed by atoms with Crippen LogP contribution >= 0.6 is 0 Å². The first kappa shape index (κ1) is 19.9. The number of hydrogen-bond donors (Lipinski definition) is 1. The molecular weight excluding hydrogens is 366 g/mol. The number of amides is 3. The minimum absolute atomic E-state index is 0.133. The largest absolute Gasteiger partial charge is 0.497 e. The summed E-state index contributed by atoms with van der Waals surface area (Å²) in [6.45, 7) is 4.27. The number of quaternary nitrogens is 1. The van der Waals surface area contributed by atoms with Crippen molar-refractivity contribution >= 4 is 23.6 Å². The van der Waals surface area contributed by atoms with Crippen molar-refractivity contribution in [2.45, 2.75) is 19.4 Å². The van der Waals surface area contributed by atoms with Gasteiger partial charge in [-0.15, -0.1) is 0 Å². The van der Waals surface area contributed by atoms with Crippen molar-refractivity contribution in [2.75, 3.05) is 51.9 Å². The van der Waals surface area contributed by atoms with E-state index < -0.39 is 6.04 Å². The number of imide groups is 1. The first-order valence-electron chi connectivity index (χ1n) is 9.35. The van der Waals surface area contributed by atoms with E-state index in [-0.39, 0.29) is 24.3 Å². The number of piperazine rings is 1. The highest BCUT2D eigenvalue weighted by Crippen LogP contribution is 2.35. The van der Waals surface area contributed by atoms with E-state index in [0.717, 1.165) is 4.90 Å². The number of benzene rings is 1. The fraction of sp³-hybridized carbons (Fsp3) is 0.526. The van der Waals surface area contributed by atoms with Crippen molar-refractivity contribution in [3.05, 3.63) is 18.2 Å². The van der Waals surface area contributed by atoms with Gasteiger partial charge in [0.2, 0.25) is 5.91 Å². The van der Waals surface area contributed by atoms with Gasteiger partial charge in [0, 0.05) is 6.07 Å². The maximum atomic E-state index is 13.1. The van der Waals surface area contributed by atoms with E-state index in [0.29, 0.717) is 50.0 Å². The van der Waals surface area contributed by atoms with Crippen LogP contribution in [-0.2, 0) is 14.3 Å². The monoisotopic (exact) mass is 392 g/mol. The lowest BCUT2D eigenvalue weighted by atomic mass is 10.2. The quantitative estimate of drug-likeness (QED) is 0.692. The molecule has 1 N–H and O–H groups in total. The molecule has 1 aromatic carbocycles. The van der Waals surface area contributed by atoms with Crippen LogP contribution in [0.4, 0.5) is 10.5 Å². The molecule has 0 unspecified atom stereocenters. The van der Waals surface area contributed by atoms with Gasteiger partial charge in [0.25, 0.3) is 5.91 Å². The molecule has 2 fully saturated rings. The number of carbonyl (C=O) groups excluding carboxylic acids is 3. The van der Waals surface area contributed by atoms with E-state index in [1.807, 2.05) is 0 Å². The summed E-state index contributed by atoms with van der Waals surface area (Å²) >= 11 is 0. The Morgan fingerprint density at radius 2 is 1.89 bits per heavy atom. The Labute approximate surface area is 163 Å². The number of methoxy groups -OCH3 is 2. The van der Waals surface area contributed by atoms with Crippen molar-refractivity contribution in [1.29, 1.82) is 0 Å². The Morgan fingerprint density at radius 1 is 1.18 bits per heavy atom.